The molecule has 6 heteroatoms. The van der Waals surface area contributed by atoms with Gasteiger partial charge in [0.15, 0.2) is 5.82 Å². The van der Waals surface area contributed by atoms with Crippen molar-refractivity contribution in [1.29, 1.82) is 0 Å². The van der Waals surface area contributed by atoms with E-state index >= 15 is 0 Å². The zero-order valence-electron chi connectivity index (χ0n) is 15.8. The number of nitrogens with one attached hydrogen (secondary N) is 1. The summed E-state index contributed by atoms with van der Waals surface area (Å²) in [6.07, 6.45) is 4.11. The molecule has 1 amide bonds. The molecule has 6 nitrogen and oxygen atoms in total. The van der Waals surface area contributed by atoms with Gasteiger partial charge >= 0.3 is 0 Å². The van der Waals surface area contributed by atoms with Gasteiger partial charge in [-0.25, -0.2) is 9.97 Å². The van der Waals surface area contributed by atoms with Crippen molar-refractivity contribution in [3.63, 3.8) is 0 Å². The van der Waals surface area contributed by atoms with Gasteiger partial charge in [0, 0.05) is 45.0 Å². The highest BCUT2D eigenvalue weighted by Gasteiger charge is 2.18. The zero-order chi connectivity index (χ0) is 19.2. The van der Waals surface area contributed by atoms with Crippen LogP contribution >= 0.6 is 0 Å². The minimum Gasteiger partial charge on any atom is -0.363 e. The summed E-state index contributed by atoms with van der Waals surface area (Å²) in [5.41, 5.74) is 2.74. The van der Waals surface area contributed by atoms with Crippen molar-refractivity contribution in [3.8, 4) is 11.4 Å². The number of carbonyl (C=O) groups excluding carboxylic acids is 1. The molecule has 1 atom stereocenters. The molecule has 0 saturated carbocycles. The summed E-state index contributed by atoms with van der Waals surface area (Å²) in [7, 11) is 3.87. The quantitative estimate of drug-likeness (QED) is 0.731. The van der Waals surface area contributed by atoms with Gasteiger partial charge in [0.25, 0.3) is 0 Å². The van der Waals surface area contributed by atoms with Crippen molar-refractivity contribution in [2.24, 2.45) is 0 Å². The highest BCUT2D eigenvalue weighted by Crippen LogP contribution is 2.24. The third kappa shape index (κ3) is 4.88. The Labute approximate surface area is 159 Å². The monoisotopic (exact) mass is 361 g/mol. The summed E-state index contributed by atoms with van der Waals surface area (Å²) < 4.78 is 0. The fraction of sp³-hybridized carbons (Fsp3) is 0.238. The van der Waals surface area contributed by atoms with Crippen LogP contribution in [0.5, 0.6) is 0 Å². The number of benzene rings is 1. The van der Waals surface area contributed by atoms with E-state index in [1.165, 1.54) is 6.92 Å². The van der Waals surface area contributed by atoms with Gasteiger partial charge in [0.2, 0.25) is 5.91 Å². The Morgan fingerprint density at radius 3 is 2.52 bits per heavy atom. The summed E-state index contributed by atoms with van der Waals surface area (Å²) in [6, 6.07) is 15.5. The van der Waals surface area contributed by atoms with Crippen LogP contribution in [0.4, 0.5) is 5.82 Å². The molecule has 0 saturated heterocycles. The summed E-state index contributed by atoms with van der Waals surface area (Å²) in [4.78, 5) is 27.3. The number of amides is 1. The zero-order valence-corrected chi connectivity index (χ0v) is 15.8. The Kier molecular flexibility index (Phi) is 5.76. The number of hydrogen-bond acceptors (Lipinski definition) is 5. The minimum absolute atomic E-state index is 0.0936. The van der Waals surface area contributed by atoms with Crippen molar-refractivity contribution >= 4 is 11.7 Å². The lowest BCUT2D eigenvalue weighted by Crippen LogP contribution is -2.29. The molecule has 0 radical (unpaired) electrons. The number of aromatic nitrogens is 3. The standard InChI is InChI=1S/C21H23N5O/c1-15(27)23-18(12-16-8-5-4-6-9-16)19-13-20(26(2)3)25-21(24-19)17-10-7-11-22-14-17/h4-11,13-14,18H,12H2,1-3H3,(H,23,27)/t18-/m1/s1. The van der Waals surface area contributed by atoms with Gasteiger partial charge in [-0.15, -0.1) is 0 Å². The molecule has 0 aliphatic rings. The van der Waals surface area contributed by atoms with Gasteiger partial charge in [0.05, 0.1) is 11.7 Å². The lowest BCUT2D eigenvalue weighted by atomic mass is 10.0. The molecule has 1 N–H and O–H groups in total. The van der Waals surface area contributed by atoms with Crippen LogP contribution < -0.4 is 10.2 Å². The number of carbonyl (C=O) groups is 1. The van der Waals surface area contributed by atoms with E-state index in [1.54, 1.807) is 12.4 Å². The largest absolute Gasteiger partial charge is 0.363 e. The second-order valence-electron chi connectivity index (χ2n) is 6.55. The van der Waals surface area contributed by atoms with Crippen molar-refractivity contribution in [2.45, 2.75) is 19.4 Å². The summed E-state index contributed by atoms with van der Waals surface area (Å²) >= 11 is 0. The average molecular weight is 361 g/mol. The normalized spacial score (nSPS) is 11.7. The first-order chi connectivity index (χ1) is 13.0. The lowest BCUT2D eigenvalue weighted by molar-refractivity contribution is -0.119. The second-order valence-corrected chi connectivity index (χ2v) is 6.55. The van der Waals surface area contributed by atoms with E-state index in [-0.39, 0.29) is 11.9 Å². The fourth-order valence-corrected chi connectivity index (χ4v) is 2.81. The van der Waals surface area contributed by atoms with Crippen LogP contribution in [0.2, 0.25) is 0 Å². The Balaban J connectivity index is 2.04. The van der Waals surface area contributed by atoms with Gasteiger partial charge in [-0.3, -0.25) is 9.78 Å². The maximum absolute atomic E-state index is 11.8. The first-order valence-corrected chi connectivity index (χ1v) is 8.80. The Morgan fingerprint density at radius 1 is 1.11 bits per heavy atom. The van der Waals surface area contributed by atoms with E-state index in [0.717, 1.165) is 22.6 Å². The van der Waals surface area contributed by atoms with Gasteiger partial charge < -0.3 is 10.2 Å². The van der Waals surface area contributed by atoms with Crippen LogP contribution in [0.1, 0.15) is 24.2 Å². The van der Waals surface area contributed by atoms with Gasteiger partial charge in [-0.2, -0.15) is 0 Å². The Morgan fingerprint density at radius 2 is 1.89 bits per heavy atom. The highest BCUT2D eigenvalue weighted by atomic mass is 16.1. The molecule has 0 unspecified atom stereocenters. The summed E-state index contributed by atoms with van der Waals surface area (Å²) in [6.45, 7) is 1.52. The second kappa shape index (κ2) is 8.40. The topological polar surface area (TPSA) is 71.0 Å². The van der Waals surface area contributed by atoms with Crippen LogP contribution in [0, 0.1) is 0 Å². The molecule has 0 fully saturated rings. The van der Waals surface area contributed by atoms with Gasteiger partial charge in [0.1, 0.15) is 5.82 Å². The average Bonchev–Trinajstić information content (AvgIpc) is 2.68. The van der Waals surface area contributed by atoms with E-state index in [9.17, 15) is 4.79 Å². The lowest BCUT2D eigenvalue weighted by Gasteiger charge is -2.21. The highest BCUT2D eigenvalue weighted by molar-refractivity contribution is 5.73. The predicted octanol–water partition coefficient (Wildman–Crippen LogP) is 3.02. The molecule has 1 aromatic carbocycles. The third-order valence-corrected chi connectivity index (χ3v) is 4.13. The van der Waals surface area contributed by atoms with Crippen molar-refractivity contribution in [3.05, 3.63) is 72.2 Å². The maximum atomic E-state index is 11.8. The van der Waals surface area contributed by atoms with E-state index in [4.69, 9.17) is 4.98 Å². The van der Waals surface area contributed by atoms with Crippen molar-refractivity contribution < 1.29 is 4.79 Å². The number of rotatable bonds is 6. The summed E-state index contributed by atoms with van der Waals surface area (Å²) in [5.74, 6) is 1.28. The molecular weight excluding hydrogens is 338 g/mol. The number of hydrogen-bond donors (Lipinski definition) is 1. The van der Waals surface area contributed by atoms with Gasteiger partial charge in [-0.1, -0.05) is 30.3 Å². The predicted molar refractivity (Wildman–Crippen MR) is 106 cm³/mol. The van der Waals surface area contributed by atoms with Crippen LogP contribution in [0.25, 0.3) is 11.4 Å². The molecule has 3 aromatic rings. The van der Waals surface area contributed by atoms with Gasteiger partial charge in [-0.05, 0) is 24.1 Å². The molecule has 2 aromatic heterocycles. The van der Waals surface area contributed by atoms with E-state index in [0.29, 0.717) is 12.2 Å². The fourth-order valence-electron chi connectivity index (χ4n) is 2.81. The van der Waals surface area contributed by atoms with E-state index < -0.39 is 0 Å². The molecule has 3 rings (SSSR count). The Bertz CT molecular complexity index is 897. The molecule has 0 spiro atoms. The molecule has 2 heterocycles. The van der Waals surface area contributed by atoms with Crippen LogP contribution in [-0.2, 0) is 11.2 Å². The molecular formula is C21H23N5O. The summed E-state index contributed by atoms with van der Waals surface area (Å²) in [5, 5.41) is 3.03. The van der Waals surface area contributed by atoms with Crippen molar-refractivity contribution in [1.82, 2.24) is 20.3 Å². The number of pyridine rings is 1. The smallest absolute Gasteiger partial charge is 0.217 e. The molecule has 0 aliphatic carbocycles. The first kappa shape index (κ1) is 18.5. The van der Waals surface area contributed by atoms with Crippen LogP contribution in [-0.4, -0.2) is 35.0 Å². The molecule has 27 heavy (non-hydrogen) atoms. The SMILES string of the molecule is CC(=O)N[C@H](Cc1ccccc1)c1cc(N(C)C)nc(-c2cccnc2)n1. The third-order valence-electron chi connectivity index (χ3n) is 4.13. The molecule has 0 bridgehead atoms. The molecule has 0 aliphatic heterocycles. The number of anilines is 1. The Hall–Kier alpha value is -3.28. The van der Waals surface area contributed by atoms with Crippen LogP contribution in [0.15, 0.2) is 60.9 Å². The van der Waals surface area contributed by atoms with Crippen molar-refractivity contribution in [2.75, 3.05) is 19.0 Å². The minimum atomic E-state index is -0.248. The van der Waals surface area contributed by atoms with E-state index in [1.807, 2.05) is 67.5 Å². The van der Waals surface area contributed by atoms with Crippen LogP contribution in [0.3, 0.4) is 0 Å². The maximum Gasteiger partial charge on any atom is 0.217 e. The van der Waals surface area contributed by atoms with E-state index in [2.05, 4.69) is 15.3 Å². The molecule has 138 valence electrons. The first-order valence-electron chi connectivity index (χ1n) is 8.80. The number of nitrogens with zero attached hydrogens (tertiary/aromatic N) is 4.